The second kappa shape index (κ2) is 2.95. The van der Waals surface area contributed by atoms with Gasteiger partial charge in [-0.1, -0.05) is 6.08 Å². The lowest BCUT2D eigenvalue weighted by Crippen LogP contribution is -2.43. The number of hydrogen-bond donors (Lipinski definition) is 1. The first-order chi connectivity index (χ1) is 5.13. The molecule has 0 saturated carbocycles. The maximum absolute atomic E-state index is 10.9. The fourth-order valence-electron chi connectivity index (χ4n) is 1.37. The maximum atomic E-state index is 10.9. The summed E-state index contributed by atoms with van der Waals surface area (Å²) in [5, 5.41) is 0. The molecule has 3 nitrogen and oxygen atoms in total. The number of carbonyl (C=O) groups excluding carboxylic acids is 1. The van der Waals surface area contributed by atoms with Crippen LogP contribution in [0.2, 0.25) is 0 Å². The first-order valence-electron chi connectivity index (χ1n) is 3.82. The second-order valence-corrected chi connectivity index (χ2v) is 2.95. The molecule has 62 valence electrons. The number of nitrogens with two attached hydrogens (primary N) is 1. The zero-order chi connectivity index (χ0) is 8.43. The molecule has 1 aliphatic rings. The van der Waals surface area contributed by atoms with Crippen LogP contribution in [-0.2, 0) is 4.79 Å². The third-order valence-electron chi connectivity index (χ3n) is 2.23. The summed E-state index contributed by atoms with van der Waals surface area (Å²) in [6, 6.07) is -0.0972. The Morgan fingerprint density at radius 1 is 1.82 bits per heavy atom. The molecule has 2 N–H and O–H groups in total. The van der Waals surface area contributed by atoms with E-state index in [4.69, 9.17) is 5.73 Å². The Bertz CT molecular complexity index is 198. The lowest BCUT2D eigenvalue weighted by Gasteiger charge is -2.31. The topological polar surface area (TPSA) is 46.3 Å². The van der Waals surface area contributed by atoms with Crippen LogP contribution < -0.4 is 5.73 Å². The van der Waals surface area contributed by atoms with Crippen molar-refractivity contribution in [2.75, 3.05) is 7.05 Å². The molecule has 0 radical (unpaired) electrons. The van der Waals surface area contributed by atoms with E-state index in [9.17, 15) is 4.79 Å². The van der Waals surface area contributed by atoms with Crippen LogP contribution in [-0.4, -0.2) is 23.9 Å². The van der Waals surface area contributed by atoms with Gasteiger partial charge in [-0.2, -0.15) is 0 Å². The molecule has 1 atom stereocenters. The molecule has 11 heavy (non-hydrogen) atoms. The van der Waals surface area contributed by atoms with E-state index in [0.717, 1.165) is 18.5 Å². The fourth-order valence-corrected chi connectivity index (χ4v) is 1.37. The molecular formula is C8H14N2O. The van der Waals surface area contributed by atoms with E-state index >= 15 is 0 Å². The van der Waals surface area contributed by atoms with Gasteiger partial charge in [0.25, 0.3) is 0 Å². The predicted octanol–water partition coefficient (Wildman–Crippen LogP) is 0.470. The van der Waals surface area contributed by atoms with Gasteiger partial charge in [-0.25, -0.2) is 0 Å². The van der Waals surface area contributed by atoms with E-state index in [-0.39, 0.29) is 11.9 Å². The lowest BCUT2D eigenvalue weighted by atomic mass is 10.0. The van der Waals surface area contributed by atoms with Crippen molar-refractivity contribution in [2.24, 2.45) is 5.73 Å². The van der Waals surface area contributed by atoms with Gasteiger partial charge in [-0.15, -0.1) is 0 Å². The van der Waals surface area contributed by atoms with E-state index in [1.54, 1.807) is 0 Å². The minimum atomic E-state index is -0.222. The molecule has 0 fully saturated rings. The average Bonchev–Trinajstić information content (AvgIpc) is 1.94. The SMILES string of the molecule is CC1=CCCC(C(N)=O)N1C. The van der Waals surface area contributed by atoms with Crippen molar-refractivity contribution in [3.05, 3.63) is 11.8 Å². The molecule has 1 unspecified atom stereocenters. The number of amides is 1. The highest BCUT2D eigenvalue weighted by molar-refractivity contribution is 5.80. The monoisotopic (exact) mass is 154 g/mol. The molecule has 0 saturated heterocycles. The number of carbonyl (C=O) groups is 1. The van der Waals surface area contributed by atoms with Crippen LogP contribution in [0.4, 0.5) is 0 Å². The number of primary amides is 1. The average molecular weight is 154 g/mol. The molecule has 0 bridgehead atoms. The Morgan fingerprint density at radius 2 is 2.45 bits per heavy atom. The normalized spacial score (nSPS) is 24.7. The molecule has 1 rings (SSSR count). The molecule has 0 aromatic heterocycles. The third-order valence-corrected chi connectivity index (χ3v) is 2.23. The Morgan fingerprint density at radius 3 is 2.91 bits per heavy atom. The van der Waals surface area contributed by atoms with Crippen molar-refractivity contribution in [3.8, 4) is 0 Å². The third kappa shape index (κ3) is 1.53. The summed E-state index contributed by atoms with van der Waals surface area (Å²) in [6.07, 6.45) is 3.94. The summed E-state index contributed by atoms with van der Waals surface area (Å²) in [5.41, 5.74) is 6.35. The van der Waals surface area contributed by atoms with Crippen LogP contribution in [0.5, 0.6) is 0 Å². The van der Waals surface area contributed by atoms with E-state index in [1.807, 2.05) is 18.9 Å². The standard InChI is InChI=1S/C8H14N2O/c1-6-4-3-5-7(8(9)11)10(6)2/h4,7H,3,5H2,1-2H3,(H2,9,11). The minimum Gasteiger partial charge on any atom is -0.368 e. The number of allylic oxidation sites excluding steroid dienone is 2. The van der Waals surface area contributed by atoms with Gasteiger partial charge < -0.3 is 10.6 Å². The van der Waals surface area contributed by atoms with Crippen molar-refractivity contribution in [3.63, 3.8) is 0 Å². The van der Waals surface area contributed by atoms with Crippen LogP contribution >= 0.6 is 0 Å². The van der Waals surface area contributed by atoms with Gasteiger partial charge in [0.15, 0.2) is 0 Å². The second-order valence-electron chi connectivity index (χ2n) is 2.95. The van der Waals surface area contributed by atoms with Gasteiger partial charge in [-0.3, -0.25) is 4.79 Å². The van der Waals surface area contributed by atoms with Gasteiger partial charge in [0.1, 0.15) is 6.04 Å². The minimum absolute atomic E-state index is 0.0972. The molecular weight excluding hydrogens is 140 g/mol. The van der Waals surface area contributed by atoms with Gasteiger partial charge in [0.2, 0.25) is 5.91 Å². The highest BCUT2D eigenvalue weighted by atomic mass is 16.1. The Hall–Kier alpha value is -0.990. The zero-order valence-corrected chi connectivity index (χ0v) is 7.00. The van der Waals surface area contributed by atoms with Crippen LogP contribution in [0.25, 0.3) is 0 Å². The summed E-state index contributed by atoms with van der Waals surface area (Å²) in [5.74, 6) is -0.222. The van der Waals surface area contributed by atoms with E-state index in [2.05, 4.69) is 6.08 Å². The maximum Gasteiger partial charge on any atom is 0.240 e. The molecule has 0 spiro atoms. The molecule has 1 aliphatic heterocycles. The molecule has 1 heterocycles. The van der Waals surface area contributed by atoms with Gasteiger partial charge >= 0.3 is 0 Å². The zero-order valence-electron chi connectivity index (χ0n) is 7.00. The fraction of sp³-hybridized carbons (Fsp3) is 0.625. The summed E-state index contributed by atoms with van der Waals surface area (Å²) >= 11 is 0. The van der Waals surface area contributed by atoms with Crippen LogP contribution in [0.15, 0.2) is 11.8 Å². The van der Waals surface area contributed by atoms with Crippen LogP contribution in [0.3, 0.4) is 0 Å². The Balaban J connectivity index is 2.72. The molecule has 0 aliphatic carbocycles. The number of rotatable bonds is 1. The molecule has 1 amide bonds. The van der Waals surface area contributed by atoms with Gasteiger partial charge in [0, 0.05) is 12.7 Å². The predicted molar refractivity (Wildman–Crippen MR) is 43.7 cm³/mol. The van der Waals surface area contributed by atoms with Crippen LogP contribution in [0, 0.1) is 0 Å². The molecule has 0 aromatic carbocycles. The number of nitrogens with zero attached hydrogens (tertiary/aromatic N) is 1. The molecule has 0 aromatic rings. The summed E-state index contributed by atoms with van der Waals surface area (Å²) in [7, 11) is 1.90. The van der Waals surface area contributed by atoms with Crippen molar-refractivity contribution in [1.29, 1.82) is 0 Å². The van der Waals surface area contributed by atoms with Crippen molar-refractivity contribution >= 4 is 5.91 Å². The first kappa shape index (κ1) is 8.11. The van der Waals surface area contributed by atoms with Crippen molar-refractivity contribution in [1.82, 2.24) is 4.90 Å². The number of hydrogen-bond acceptors (Lipinski definition) is 2. The van der Waals surface area contributed by atoms with Gasteiger partial charge in [-0.05, 0) is 19.8 Å². The lowest BCUT2D eigenvalue weighted by molar-refractivity contribution is -0.122. The van der Waals surface area contributed by atoms with Crippen LogP contribution in [0.1, 0.15) is 19.8 Å². The smallest absolute Gasteiger partial charge is 0.240 e. The number of likely N-dealkylation sites (N-methyl/N-ethyl adjacent to an activating group) is 1. The van der Waals surface area contributed by atoms with E-state index in [0.29, 0.717) is 0 Å². The summed E-state index contributed by atoms with van der Waals surface area (Å²) in [6.45, 7) is 2.00. The molecule has 3 heteroatoms. The summed E-state index contributed by atoms with van der Waals surface area (Å²) < 4.78 is 0. The van der Waals surface area contributed by atoms with Gasteiger partial charge in [0.05, 0.1) is 0 Å². The highest BCUT2D eigenvalue weighted by Crippen LogP contribution is 2.17. The first-order valence-corrected chi connectivity index (χ1v) is 3.82. The van der Waals surface area contributed by atoms with Crippen molar-refractivity contribution in [2.45, 2.75) is 25.8 Å². The van der Waals surface area contributed by atoms with E-state index in [1.165, 1.54) is 0 Å². The largest absolute Gasteiger partial charge is 0.368 e. The Labute approximate surface area is 66.9 Å². The quantitative estimate of drug-likeness (QED) is 0.596. The Kier molecular flexibility index (Phi) is 2.17. The highest BCUT2D eigenvalue weighted by Gasteiger charge is 2.22. The summed E-state index contributed by atoms with van der Waals surface area (Å²) in [4.78, 5) is 12.8. The van der Waals surface area contributed by atoms with Crippen molar-refractivity contribution < 1.29 is 4.79 Å². The van der Waals surface area contributed by atoms with E-state index < -0.39 is 0 Å².